The van der Waals surface area contributed by atoms with Gasteiger partial charge in [-0.1, -0.05) is 11.3 Å². The summed E-state index contributed by atoms with van der Waals surface area (Å²) < 4.78 is 18.5. The average molecular weight is 419 g/mol. The van der Waals surface area contributed by atoms with Crippen LogP contribution in [0.5, 0.6) is 17.4 Å². The molecular weight excluding hydrogens is 392 g/mol. The molecule has 1 aromatic carbocycles. The molecule has 0 bridgehead atoms. The quantitative estimate of drug-likeness (QED) is 0.682. The van der Waals surface area contributed by atoms with Crippen LogP contribution >= 0.6 is 11.3 Å². The fourth-order valence-corrected chi connectivity index (χ4v) is 5.16. The second-order valence-electron chi connectivity index (χ2n) is 7.36. The van der Waals surface area contributed by atoms with Crippen LogP contribution in [0.4, 0.5) is 0 Å². The molecule has 29 heavy (non-hydrogen) atoms. The van der Waals surface area contributed by atoms with Crippen molar-refractivity contribution in [2.45, 2.75) is 39.0 Å². The molecule has 1 N–H and O–H groups in total. The molecule has 1 saturated heterocycles. The van der Waals surface area contributed by atoms with Crippen LogP contribution in [0.2, 0.25) is 0 Å². The summed E-state index contributed by atoms with van der Waals surface area (Å²) in [5, 5.41) is 15.3. The maximum absolute atomic E-state index is 11.0. The minimum Gasteiger partial charge on any atom is -0.497 e. The molecule has 0 spiro atoms. The van der Waals surface area contributed by atoms with Gasteiger partial charge in [0.15, 0.2) is 0 Å². The monoisotopic (exact) mass is 418 g/mol. The number of rotatable bonds is 5. The Kier molecular flexibility index (Phi) is 5.37. The van der Waals surface area contributed by atoms with Gasteiger partial charge >= 0.3 is 0 Å². The molecule has 0 aliphatic carbocycles. The number of ether oxygens (including phenoxy) is 3. The van der Waals surface area contributed by atoms with E-state index >= 15 is 0 Å². The molecule has 9 heteroatoms. The van der Waals surface area contributed by atoms with Crippen molar-refractivity contribution in [1.82, 2.24) is 19.5 Å². The van der Waals surface area contributed by atoms with E-state index in [1.807, 2.05) is 25.1 Å². The van der Waals surface area contributed by atoms with Crippen molar-refractivity contribution in [2.24, 2.45) is 0 Å². The summed E-state index contributed by atoms with van der Waals surface area (Å²) in [5.41, 5.74) is 0.950. The Morgan fingerprint density at radius 3 is 2.55 bits per heavy atom. The molecule has 1 aliphatic rings. The Hall–Kier alpha value is -2.36. The summed E-state index contributed by atoms with van der Waals surface area (Å²) in [5.74, 6) is 2.16. The van der Waals surface area contributed by atoms with Crippen molar-refractivity contribution < 1.29 is 19.3 Å². The van der Waals surface area contributed by atoms with E-state index in [0.29, 0.717) is 16.5 Å². The molecule has 156 valence electrons. The Bertz CT molecular complexity index is 1010. The topological polar surface area (TPSA) is 81.4 Å². The standard InChI is InChI=1S/C20H26N4O4S/c1-11-9-23(10-12(2)28-11)17(15-7-6-14(26-4)8-16(15)27-5)18-19(25)24-20(29-18)21-13(3)22-24/h6-8,11-12,17,25H,9-10H2,1-5H3/t11-,12-,17-/m1/s1. The Labute approximate surface area is 173 Å². The summed E-state index contributed by atoms with van der Waals surface area (Å²) in [6.45, 7) is 7.41. The number of fused-ring (bicyclic) bond motifs is 1. The van der Waals surface area contributed by atoms with Gasteiger partial charge in [0.2, 0.25) is 10.8 Å². The average Bonchev–Trinajstić information content (AvgIpc) is 3.19. The predicted octanol–water partition coefficient (Wildman–Crippen LogP) is 3.02. The Morgan fingerprint density at radius 2 is 1.93 bits per heavy atom. The van der Waals surface area contributed by atoms with Crippen LogP contribution in [0.25, 0.3) is 4.96 Å². The van der Waals surface area contributed by atoms with E-state index in [2.05, 4.69) is 28.8 Å². The first-order valence-corrected chi connectivity index (χ1v) is 10.4. The molecule has 4 rings (SSSR count). The number of aromatic nitrogens is 3. The van der Waals surface area contributed by atoms with Gasteiger partial charge in [0.25, 0.3) is 0 Å². The molecule has 3 atom stereocenters. The van der Waals surface area contributed by atoms with Gasteiger partial charge in [-0.15, -0.1) is 5.10 Å². The van der Waals surface area contributed by atoms with Crippen molar-refractivity contribution in [3.63, 3.8) is 0 Å². The minimum atomic E-state index is -0.224. The van der Waals surface area contributed by atoms with Gasteiger partial charge in [-0.2, -0.15) is 4.52 Å². The molecule has 1 aliphatic heterocycles. The fourth-order valence-electron chi connectivity index (χ4n) is 4.00. The van der Waals surface area contributed by atoms with Crippen molar-refractivity contribution in [1.29, 1.82) is 0 Å². The van der Waals surface area contributed by atoms with Gasteiger partial charge in [-0.25, -0.2) is 4.98 Å². The molecule has 3 heterocycles. The van der Waals surface area contributed by atoms with Crippen molar-refractivity contribution in [3.8, 4) is 17.4 Å². The van der Waals surface area contributed by atoms with Crippen LogP contribution in [-0.2, 0) is 4.74 Å². The van der Waals surface area contributed by atoms with Crippen LogP contribution in [0.15, 0.2) is 18.2 Å². The van der Waals surface area contributed by atoms with Crippen molar-refractivity contribution in [2.75, 3.05) is 27.3 Å². The molecule has 8 nitrogen and oxygen atoms in total. The van der Waals surface area contributed by atoms with E-state index in [4.69, 9.17) is 14.2 Å². The second-order valence-corrected chi connectivity index (χ2v) is 8.37. The number of thiazole rings is 1. The zero-order valence-electron chi connectivity index (χ0n) is 17.2. The summed E-state index contributed by atoms with van der Waals surface area (Å²) in [7, 11) is 3.28. The number of hydrogen-bond donors (Lipinski definition) is 1. The third-order valence-electron chi connectivity index (χ3n) is 5.10. The second kappa shape index (κ2) is 7.81. The summed E-state index contributed by atoms with van der Waals surface area (Å²) >= 11 is 1.44. The molecule has 0 unspecified atom stereocenters. The van der Waals surface area contributed by atoms with Crippen LogP contribution in [-0.4, -0.2) is 64.1 Å². The van der Waals surface area contributed by atoms with E-state index in [-0.39, 0.29) is 24.1 Å². The zero-order chi connectivity index (χ0) is 20.7. The fraction of sp³-hybridized carbons (Fsp3) is 0.500. The van der Waals surface area contributed by atoms with Gasteiger partial charge in [0, 0.05) is 24.7 Å². The van der Waals surface area contributed by atoms with Crippen LogP contribution in [0.3, 0.4) is 0 Å². The van der Waals surface area contributed by atoms with Crippen molar-refractivity contribution in [3.05, 3.63) is 34.5 Å². The SMILES string of the molecule is COc1ccc([C@H](c2sc3nc(C)nn3c2O)N2C[C@@H](C)O[C@H](C)C2)c(OC)c1. The summed E-state index contributed by atoms with van der Waals surface area (Å²) in [4.78, 5) is 8.20. The maximum atomic E-state index is 11.0. The van der Waals surface area contributed by atoms with Gasteiger partial charge < -0.3 is 19.3 Å². The molecular formula is C20H26N4O4S. The van der Waals surface area contributed by atoms with Crippen LogP contribution in [0, 0.1) is 6.92 Å². The lowest BCUT2D eigenvalue weighted by molar-refractivity contribution is -0.0765. The molecule has 0 amide bonds. The molecule has 0 saturated carbocycles. The minimum absolute atomic E-state index is 0.0806. The first-order chi connectivity index (χ1) is 13.9. The third kappa shape index (κ3) is 3.65. The van der Waals surface area contributed by atoms with E-state index in [1.165, 1.54) is 15.9 Å². The lowest BCUT2D eigenvalue weighted by Crippen LogP contribution is -2.47. The van der Waals surface area contributed by atoms with E-state index < -0.39 is 0 Å². The third-order valence-corrected chi connectivity index (χ3v) is 6.17. The highest BCUT2D eigenvalue weighted by Gasteiger charge is 2.35. The summed E-state index contributed by atoms with van der Waals surface area (Å²) in [6.07, 6.45) is 0.161. The van der Waals surface area contributed by atoms with Crippen LogP contribution in [0.1, 0.15) is 36.2 Å². The number of nitrogens with zero attached hydrogens (tertiary/aromatic N) is 4. The first kappa shape index (κ1) is 19.9. The normalized spacial score (nSPS) is 21.4. The van der Waals surface area contributed by atoms with Gasteiger partial charge in [0.1, 0.15) is 17.3 Å². The highest BCUT2D eigenvalue weighted by Crippen LogP contribution is 2.44. The molecule has 2 aromatic heterocycles. The summed E-state index contributed by atoms with van der Waals surface area (Å²) in [6, 6.07) is 5.55. The molecule has 0 radical (unpaired) electrons. The highest BCUT2D eigenvalue weighted by atomic mass is 32.1. The molecule has 1 fully saturated rings. The van der Waals surface area contributed by atoms with E-state index in [9.17, 15) is 5.11 Å². The van der Waals surface area contributed by atoms with Gasteiger partial charge in [-0.05, 0) is 32.9 Å². The molecule has 3 aromatic rings. The van der Waals surface area contributed by atoms with E-state index in [0.717, 1.165) is 29.3 Å². The lowest BCUT2D eigenvalue weighted by Gasteiger charge is -2.40. The van der Waals surface area contributed by atoms with Gasteiger partial charge in [0.05, 0.1) is 37.3 Å². The highest BCUT2D eigenvalue weighted by molar-refractivity contribution is 7.17. The first-order valence-electron chi connectivity index (χ1n) is 9.57. The number of aromatic hydroxyl groups is 1. The number of methoxy groups -OCH3 is 2. The van der Waals surface area contributed by atoms with E-state index in [1.54, 1.807) is 14.2 Å². The Morgan fingerprint density at radius 1 is 1.21 bits per heavy atom. The lowest BCUT2D eigenvalue weighted by atomic mass is 10.00. The number of benzene rings is 1. The van der Waals surface area contributed by atoms with Crippen LogP contribution < -0.4 is 9.47 Å². The van der Waals surface area contributed by atoms with Crippen molar-refractivity contribution >= 4 is 16.3 Å². The number of aryl methyl sites for hydroxylation is 1. The van der Waals surface area contributed by atoms with Gasteiger partial charge in [-0.3, -0.25) is 4.90 Å². The largest absolute Gasteiger partial charge is 0.497 e. The zero-order valence-corrected chi connectivity index (χ0v) is 18.1. The Balaban J connectivity index is 1.87. The number of morpholine rings is 1. The predicted molar refractivity (Wildman–Crippen MR) is 110 cm³/mol. The maximum Gasteiger partial charge on any atom is 0.230 e. The number of hydrogen-bond acceptors (Lipinski definition) is 8. The smallest absolute Gasteiger partial charge is 0.230 e.